The SMILES string of the molecule is CCn1cnnc1C1CCN(C(=O)[C@H]2C[C@@H]2c2ccc(C)s2)CC1. The molecule has 2 aliphatic rings. The summed E-state index contributed by atoms with van der Waals surface area (Å²) in [5.74, 6) is 2.58. The molecule has 0 aromatic carbocycles. The molecule has 1 saturated heterocycles. The summed E-state index contributed by atoms with van der Waals surface area (Å²) in [6.07, 6.45) is 4.84. The number of thiophene rings is 1. The predicted octanol–water partition coefficient (Wildman–Crippen LogP) is 3.18. The highest BCUT2D eigenvalue weighted by molar-refractivity contribution is 7.12. The van der Waals surface area contributed by atoms with Gasteiger partial charge in [0.1, 0.15) is 12.2 Å². The normalized spacial score (nSPS) is 24.3. The van der Waals surface area contributed by atoms with Crippen molar-refractivity contribution in [3.8, 4) is 0 Å². The number of carbonyl (C=O) groups excluding carboxylic acids is 1. The minimum atomic E-state index is 0.221. The van der Waals surface area contributed by atoms with Crippen molar-refractivity contribution in [2.45, 2.75) is 51.5 Å². The van der Waals surface area contributed by atoms with Crippen molar-refractivity contribution in [2.24, 2.45) is 5.92 Å². The molecule has 0 N–H and O–H groups in total. The van der Waals surface area contributed by atoms with Crippen LogP contribution in [0.3, 0.4) is 0 Å². The number of aromatic nitrogens is 3. The van der Waals surface area contributed by atoms with Crippen molar-refractivity contribution in [3.63, 3.8) is 0 Å². The average molecular weight is 344 g/mol. The number of rotatable bonds is 4. The third kappa shape index (κ3) is 2.88. The highest BCUT2D eigenvalue weighted by Crippen LogP contribution is 2.50. The Morgan fingerprint density at radius 1 is 1.33 bits per heavy atom. The van der Waals surface area contributed by atoms with Crippen LogP contribution < -0.4 is 0 Å². The zero-order chi connectivity index (χ0) is 16.7. The second-order valence-corrected chi connectivity index (χ2v) is 8.29. The van der Waals surface area contributed by atoms with E-state index in [2.05, 4.69) is 45.6 Å². The highest BCUT2D eigenvalue weighted by Gasteiger charge is 2.46. The first-order valence-electron chi connectivity index (χ1n) is 8.90. The molecule has 0 unspecified atom stereocenters. The number of piperidine rings is 1. The van der Waals surface area contributed by atoms with Crippen LogP contribution in [0.25, 0.3) is 0 Å². The van der Waals surface area contributed by atoms with Crippen LogP contribution in [0.15, 0.2) is 18.5 Å². The molecule has 2 aromatic heterocycles. The molecule has 4 rings (SSSR count). The van der Waals surface area contributed by atoms with E-state index in [0.717, 1.165) is 44.7 Å². The Morgan fingerprint density at radius 2 is 2.12 bits per heavy atom. The van der Waals surface area contributed by atoms with Gasteiger partial charge in [0.15, 0.2) is 0 Å². The molecule has 0 radical (unpaired) electrons. The lowest BCUT2D eigenvalue weighted by atomic mass is 9.95. The quantitative estimate of drug-likeness (QED) is 0.856. The third-order valence-electron chi connectivity index (χ3n) is 5.39. The summed E-state index contributed by atoms with van der Waals surface area (Å²) in [7, 11) is 0. The lowest BCUT2D eigenvalue weighted by Crippen LogP contribution is -2.39. The summed E-state index contributed by atoms with van der Waals surface area (Å²) in [5.41, 5.74) is 0. The van der Waals surface area contributed by atoms with Gasteiger partial charge in [-0.2, -0.15) is 0 Å². The maximum absolute atomic E-state index is 12.8. The topological polar surface area (TPSA) is 51.0 Å². The number of likely N-dealkylation sites (tertiary alicyclic amines) is 1. The van der Waals surface area contributed by atoms with Gasteiger partial charge in [-0.05, 0) is 45.2 Å². The summed E-state index contributed by atoms with van der Waals surface area (Å²) < 4.78 is 2.12. The van der Waals surface area contributed by atoms with Gasteiger partial charge in [0, 0.05) is 47.1 Å². The molecular formula is C18H24N4OS. The second kappa shape index (κ2) is 6.31. The van der Waals surface area contributed by atoms with Gasteiger partial charge in [-0.25, -0.2) is 0 Å². The third-order valence-corrected chi connectivity index (χ3v) is 6.52. The Balaban J connectivity index is 1.34. The molecule has 128 valence electrons. The van der Waals surface area contributed by atoms with E-state index < -0.39 is 0 Å². The van der Waals surface area contributed by atoms with Gasteiger partial charge in [-0.1, -0.05) is 0 Å². The first-order valence-corrected chi connectivity index (χ1v) is 9.71. The molecule has 1 aliphatic carbocycles. The highest BCUT2D eigenvalue weighted by atomic mass is 32.1. The van der Waals surface area contributed by atoms with Crippen LogP contribution in [0.5, 0.6) is 0 Å². The molecule has 2 aromatic rings. The number of hydrogen-bond acceptors (Lipinski definition) is 4. The monoisotopic (exact) mass is 344 g/mol. The Morgan fingerprint density at radius 3 is 2.79 bits per heavy atom. The van der Waals surface area contributed by atoms with E-state index in [1.165, 1.54) is 9.75 Å². The van der Waals surface area contributed by atoms with Crippen LogP contribution >= 0.6 is 11.3 Å². The fraction of sp³-hybridized carbons (Fsp3) is 0.611. The minimum absolute atomic E-state index is 0.221. The summed E-state index contributed by atoms with van der Waals surface area (Å²) in [4.78, 5) is 17.6. The van der Waals surface area contributed by atoms with Gasteiger partial charge in [0.2, 0.25) is 5.91 Å². The minimum Gasteiger partial charge on any atom is -0.342 e. The van der Waals surface area contributed by atoms with Crippen molar-refractivity contribution in [1.82, 2.24) is 19.7 Å². The number of nitrogens with zero attached hydrogens (tertiary/aromatic N) is 4. The van der Waals surface area contributed by atoms with Gasteiger partial charge in [0.05, 0.1) is 0 Å². The molecule has 2 atom stereocenters. The predicted molar refractivity (Wildman–Crippen MR) is 94.2 cm³/mol. The zero-order valence-corrected chi connectivity index (χ0v) is 15.1. The fourth-order valence-electron chi connectivity index (χ4n) is 3.85. The van der Waals surface area contributed by atoms with Crippen LogP contribution in [-0.4, -0.2) is 38.7 Å². The molecule has 3 heterocycles. The number of carbonyl (C=O) groups is 1. The Bertz CT molecular complexity index is 729. The van der Waals surface area contributed by atoms with Crippen LogP contribution in [0.2, 0.25) is 0 Å². The van der Waals surface area contributed by atoms with E-state index in [1.54, 1.807) is 0 Å². The summed E-state index contributed by atoms with van der Waals surface area (Å²) in [6.45, 7) is 6.86. The van der Waals surface area contributed by atoms with Gasteiger partial charge in [-0.15, -0.1) is 21.5 Å². The van der Waals surface area contributed by atoms with E-state index in [-0.39, 0.29) is 5.92 Å². The van der Waals surface area contributed by atoms with Crippen LogP contribution in [0, 0.1) is 12.8 Å². The van der Waals surface area contributed by atoms with Crippen molar-refractivity contribution < 1.29 is 4.79 Å². The molecule has 1 saturated carbocycles. The van der Waals surface area contributed by atoms with Gasteiger partial charge in [0.25, 0.3) is 0 Å². The van der Waals surface area contributed by atoms with E-state index in [4.69, 9.17) is 0 Å². The van der Waals surface area contributed by atoms with Crippen molar-refractivity contribution in [3.05, 3.63) is 34.0 Å². The first kappa shape index (κ1) is 15.8. The Hall–Kier alpha value is -1.69. The van der Waals surface area contributed by atoms with Gasteiger partial charge >= 0.3 is 0 Å². The fourth-order valence-corrected chi connectivity index (χ4v) is 4.91. The van der Waals surface area contributed by atoms with E-state index in [1.807, 2.05) is 17.7 Å². The van der Waals surface area contributed by atoms with Crippen molar-refractivity contribution in [2.75, 3.05) is 13.1 Å². The van der Waals surface area contributed by atoms with Crippen molar-refractivity contribution >= 4 is 17.2 Å². The molecule has 1 amide bonds. The van der Waals surface area contributed by atoms with Crippen LogP contribution in [-0.2, 0) is 11.3 Å². The van der Waals surface area contributed by atoms with Gasteiger partial charge in [-0.3, -0.25) is 4.79 Å². The smallest absolute Gasteiger partial charge is 0.226 e. The lowest BCUT2D eigenvalue weighted by Gasteiger charge is -2.31. The summed E-state index contributed by atoms with van der Waals surface area (Å²) in [5, 5.41) is 8.33. The molecule has 5 nitrogen and oxygen atoms in total. The molecular weight excluding hydrogens is 320 g/mol. The Labute approximate surface area is 146 Å². The molecule has 1 aliphatic heterocycles. The molecule has 0 spiro atoms. The van der Waals surface area contributed by atoms with Crippen molar-refractivity contribution in [1.29, 1.82) is 0 Å². The standard InChI is InChI=1S/C18H24N4OS/c1-3-21-11-19-20-17(21)13-6-8-22(9-7-13)18(23)15-10-14(15)16-5-4-12(2)24-16/h4-5,11,13-15H,3,6-10H2,1-2H3/t14-,15-/m0/s1. The average Bonchev–Trinajstić information content (AvgIpc) is 3.04. The summed E-state index contributed by atoms with van der Waals surface area (Å²) in [6, 6.07) is 4.36. The van der Waals surface area contributed by atoms with Crippen LogP contribution in [0.4, 0.5) is 0 Å². The molecule has 2 fully saturated rings. The maximum atomic E-state index is 12.8. The first-order chi connectivity index (χ1) is 11.7. The van der Waals surface area contributed by atoms with Gasteiger partial charge < -0.3 is 9.47 Å². The van der Waals surface area contributed by atoms with E-state index >= 15 is 0 Å². The zero-order valence-electron chi connectivity index (χ0n) is 14.3. The molecule has 6 heteroatoms. The number of amides is 1. The molecule has 0 bridgehead atoms. The Kier molecular flexibility index (Phi) is 4.16. The maximum Gasteiger partial charge on any atom is 0.226 e. The number of hydrogen-bond donors (Lipinski definition) is 0. The summed E-state index contributed by atoms with van der Waals surface area (Å²) >= 11 is 1.84. The van der Waals surface area contributed by atoms with Crippen LogP contribution in [0.1, 0.15) is 53.6 Å². The largest absolute Gasteiger partial charge is 0.342 e. The van der Waals surface area contributed by atoms with E-state index in [9.17, 15) is 4.79 Å². The molecule has 24 heavy (non-hydrogen) atoms. The lowest BCUT2D eigenvalue weighted by molar-refractivity contribution is -0.133. The second-order valence-electron chi connectivity index (χ2n) is 6.97. The number of aryl methyl sites for hydroxylation is 2. The van der Waals surface area contributed by atoms with E-state index in [0.29, 0.717) is 17.7 Å².